The molecule has 20 heavy (non-hydrogen) atoms. The van der Waals surface area contributed by atoms with Crippen LogP contribution in [-0.2, 0) is 19.5 Å². The van der Waals surface area contributed by atoms with Gasteiger partial charge in [-0.1, -0.05) is 0 Å². The predicted molar refractivity (Wildman–Crippen MR) is 71.2 cm³/mol. The van der Waals surface area contributed by atoms with Crippen LogP contribution < -0.4 is 5.73 Å². The van der Waals surface area contributed by atoms with Crippen molar-refractivity contribution in [2.75, 3.05) is 33.0 Å². The topological polar surface area (TPSA) is 81.9 Å². The molecule has 1 fully saturated rings. The SMILES string of the molecule is COC1CN(S(=O)(=O)c2cc(N)cc(F)c2)CC1OC. The van der Waals surface area contributed by atoms with E-state index in [0.29, 0.717) is 0 Å². The molecule has 0 spiro atoms. The Bertz CT molecular complexity index is 561. The van der Waals surface area contributed by atoms with Crippen molar-refractivity contribution in [1.82, 2.24) is 4.31 Å². The minimum absolute atomic E-state index is 0.0642. The summed E-state index contributed by atoms with van der Waals surface area (Å²) in [6.45, 7) is 0.321. The van der Waals surface area contributed by atoms with Gasteiger partial charge >= 0.3 is 0 Å². The van der Waals surface area contributed by atoms with Gasteiger partial charge in [-0.15, -0.1) is 0 Å². The highest BCUT2D eigenvalue weighted by Gasteiger charge is 2.39. The molecule has 0 saturated carbocycles. The fraction of sp³-hybridized carbons (Fsp3) is 0.500. The molecule has 112 valence electrons. The maximum absolute atomic E-state index is 13.3. The van der Waals surface area contributed by atoms with Gasteiger partial charge in [-0.3, -0.25) is 0 Å². The first-order valence-electron chi connectivity index (χ1n) is 6.00. The normalized spacial score (nSPS) is 24.1. The van der Waals surface area contributed by atoms with Crippen LogP contribution in [0.1, 0.15) is 0 Å². The number of anilines is 1. The monoisotopic (exact) mass is 304 g/mol. The summed E-state index contributed by atoms with van der Waals surface area (Å²) in [5.74, 6) is -0.686. The van der Waals surface area contributed by atoms with Gasteiger partial charge in [0, 0.05) is 33.0 Å². The summed E-state index contributed by atoms with van der Waals surface area (Å²) in [6.07, 6.45) is -0.693. The zero-order valence-corrected chi connectivity index (χ0v) is 12.1. The summed E-state index contributed by atoms with van der Waals surface area (Å²) in [6, 6.07) is 3.26. The van der Waals surface area contributed by atoms with Crippen LogP contribution in [-0.4, -0.2) is 52.2 Å². The van der Waals surface area contributed by atoms with Crippen LogP contribution in [0.3, 0.4) is 0 Å². The Balaban J connectivity index is 2.32. The number of methoxy groups -OCH3 is 2. The van der Waals surface area contributed by atoms with Gasteiger partial charge < -0.3 is 15.2 Å². The van der Waals surface area contributed by atoms with Gasteiger partial charge in [-0.25, -0.2) is 12.8 Å². The van der Waals surface area contributed by atoms with Crippen molar-refractivity contribution in [3.8, 4) is 0 Å². The molecule has 1 aliphatic heterocycles. The lowest BCUT2D eigenvalue weighted by Gasteiger charge is -2.16. The second-order valence-corrected chi connectivity index (χ2v) is 6.53. The van der Waals surface area contributed by atoms with E-state index in [4.69, 9.17) is 15.2 Å². The average Bonchev–Trinajstić information content (AvgIpc) is 2.81. The number of rotatable bonds is 4. The van der Waals surface area contributed by atoms with Crippen LogP contribution >= 0.6 is 0 Å². The number of ether oxygens (including phenoxy) is 2. The van der Waals surface area contributed by atoms with E-state index in [1.165, 1.54) is 24.6 Å². The molecule has 0 aliphatic carbocycles. The lowest BCUT2D eigenvalue weighted by Crippen LogP contribution is -2.30. The summed E-state index contributed by atoms with van der Waals surface area (Å²) < 4.78 is 49.8. The number of nitrogen functional groups attached to an aromatic ring is 1. The molecular weight excluding hydrogens is 287 g/mol. The van der Waals surface area contributed by atoms with Crippen LogP contribution in [0.5, 0.6) is 0 Å². The number of nitrogens with two attached hydrogens (primary N) is 1. The van der Waals surface area contributed by atoms with Crippen molar-refractivity contribution in [2.45, 2.75) is 17.1 Å². The maximum Gasteiger partial charge on any atom is 0.243 e. The highest BCUT2D eigenvalue weighted by Crippen LogP contribution is 2.25. The van der Waals surface area contributed by atoms with E-state index in [2.05, 4.69) is 0 Å². The van der Waals surface area contributed by atoms with Crippen LogP contribution in [0.15, 0.2) is 23.1 Å². The molecule has 1 saturated heterocycles. The first kappa shape index (κ1) is 15.2. The van der Waals surface area contributed by atoms with E-state index < -0.39 is 15.8 Å². The number of nitrogens with zero attached hydrogens (tertiary/aromatic N) is 1. The molecule has 2 atom stereocenters. The first-order valence-corrected chi connectivity index (χ1v) is 7.44. The maximum atomic E-state index is 13.3. The van der Waals surface area contributed by atoms with Crippen molar-refractivity contribution in [2.24, 2.45) is 0 Å². The van der Waals surface area contributed by atoms with Crippen molar-refractivity contribution in [1.29, 1.82) is 0 Å². The number of hydrogen-bond acceptors (Lipinski definition) is 5. The van der Waals surface area contributed by atoms with Gasteiger partial charge in [0.05, 0.1) is 17.1 Å². The third-order valence-corrected chi connectivity index (χ3v) is 5.13. The van der Waals surface area contributed by atoms with Crippen molar-refractivity contribution in [3.63, 3.8) is 0 Å². The van der Waals surface area contributed by atoms with Crippen molar-refractivity contribution in [3.05, 3.63) is 24.0 Å². The summed E-state index contributed by atoms with van der Waals surface area (Å²) in [5, 5.41) is 0. The van der Waals surface area contributed by atoms with Gasteiger partial charge in [0.1, 0.15) is 5.82 Å². The van der Waals surface area contributed by atoms with E-state index in [1.807, 2.05) is 0 Å². The van der Waals surface area contributed by atoms with Crippen molar-refractivity contribution >= 4 is 15.7 Å². The predicted octanol–water partition coefficient (Wildman–Crippen LogP) is 0.442. The average molecular weight is 304 g/mol. The minimum Gasteiger partial charge on any atom is -0.399 e. The summed E-state index contributed by atoms with van der Waals surface area (Å²) in [5.41, 5.74) is 5.55. The molecular formula is C12H17FN2O4S. The molecule has 0 bridgehead atoms. The largest absolute Gasteiger partial charge is 0.399 e. The second kappa shape index (κ2) is 5.65. The highest BCUT2D eigenvalue weighted by atomic mass is 32.2. The van der Waals surface area contributed by atoms with E-state index in [-0.39, 0.29) is 35.9 Å². The molecule has 0 aromatic heterocycles. The Hall–Kier alpha value is -1.22. The van der Waals surface area contributed by atoms with E-state index in [1.54, 1.807) is 0 Å². The highest BCUT2D eigenvalue weighted by molar-refractivity contribution is 7.89. The lowest BCUT2D eigenvalue weighted by atomic mass is 10.3. The molecule has 1 aromatic rings. The first-order chi connectivity index (χ1) is 9.38. The lowest BCUT2D eigenvalue weighted by molar-refractivity contribution is -0.00461. The Labute approximate surface area is 117 Å². The molecule has 2 N–H and O–H groups in total. The smallest absolute Gasteiger partial charge is 0.243 e. The van der Waals surface area contributed by atoms with Crippen molar-refractivity contribution < 1.29 is 22.3 Å². The van der Waals surface area contributed by atoms with Crippen LogP contribution in [0.4, 0.5) is 10.1 Å². The molecule has 2 rings (SSSR count). The zero-order chi connectivity index (χ0) is 14.9. The van der Waals surface area contributed by atoms with Crippen LogP contribution in [0.25, 0.3) is 0 Å². The third-order valence-electron chi connectivity index (χ3n) is 3.32. The molecule has 1 aliphatic rings. The Kier molecular flexibility index (Phi) is 4.28. The number of halogens is 1. The van der Waals surface area contributed by atoms with Crippen LogP contribution in [0, 0.1) is 5.82 Å². The fourth-order valence-electron chi connectivity index (χ4n) is 2.24. The number of hydrogen-bond donors (Lipinski definition) is 1. The fourth-order valence-corrected chi connectivity index (χ4v) is 3.77. The molecule has 1 aromatic carbocycles. The van der Waals surface area contributed by atoms with E-state index in [0.717, 1.165) is 12.1 Å². The Morgan fingerprint density at radius 2 is 1.75 bits per heavy atom. The third kappa shape index (κ3) is 2.78. The second-order valence-electron chi connectivity index (χ2n) is 4.59. The summed E-state index contributed by atoms with van der Waals surface area (Å²) >= 11 is 0. The Morgan fingerprint density at radius 1 is 1.20 bits per heavy atom. The van der Waals surface area contributed by atoms with Gasteiger partial charge in [-0.2, -0.15) is 4.31 Å². The molecule has 1 heterocycles. The standard InChI is InChI=1S/C12H17FN2O4S/c1-18-11-6-15(7-12(11)19-2)20(16,17)10-4-8(13)3-9(14)5-10/h3-5,11-12H,6-7,14H2,1-2H3. The zero-order valence-electron chi connectivity index (χ0n) is 11.2. The molecule has 8 heteroatoms. The van der Waals surface area contributed by atoms with E-state index in [9.17, 15) is 12.8 Å². The summed E-state index contributed by atoms with van der Waals surface area (Å²) in [4.78, 5) is -0.165. The molecule has 6 nitrogen and oxygen atoms in total. The van der Waals surface area contributed by atoms with Crippen LogP contribution in [0.2, 0.25) is 0 Å². The number of benzene rings is 1. The minimum atomic E-state index is -3.82. The Morgan fingerprint density at radius 3 is 2.20 bits per heavy atom. The summed E-state index contributed by atoms with van der Waals surface area (Å²) in [7, 11) is -0.830. The quantitative estimate of drug-likeness (QED) is 0.816. The molecule has 2 unspecified atom stereocenters. The molecule has 0 amide bonds. The van der Waals surface area contributed by atoms with E-state index >= 15 is 0 Å². The van der Waals surface area contributed by atoms with Gasteiger partial charge in [0.25, 0.3) is 0 Å². The van der Waals surface area contributed by atoms with Gasteiger partial charge in [0.2, 0.25) is 10.0 Å². The van der Waals surface area contributed by atoms with Gasteiger partial charge in [-0.05, 0) is 18.2 Å². The molecule has 0 radical (unpaired) electrons. The van der Waals surface area contributed by atoms with Gasteiger partial charge in [0.15, 0.2) is 0 Å². The number of sulfonamides is 1.